The van der Waals surface area contributed by atoms with E-state index in [0.717, 1.165) is 44.6 Å². The highest BCUT2D eigenvalue weighted by molar-refractivity contribution is 6.65. The number of hydrogen-bond acceptors (Lipinski definition) is 3. The maximum Gasteiger partial charge on any atom is 0.248 e. The molecule has 3 aliphatic rings. The van der Waals surface area contributed by atoms with Crippen molar-refractivity contribution in [3.63, 3.8) is 0 Å². The van der Waals surface area contributed by atoms with Gasteiger partial charge in [-0.3, -0.25) is 4.79 Å². The van der Waals surface area contributed by atoms with Gasteiger partial charge in [0.2, 0.25) is 5.24 Å². The van der Waals surface area contributed by atoms with E-state index in [2.05, 4.69) is 49.4 Å². The third kappa shape index (κ3) is 3.67. The molecule has 2 aromatic carbocycles. The van der Waals surface area contributed by atoms with Crippen molar-refractivity contribution in [2.75, 3.05) is 13.2 Å². The Morgan fingerprint density at radius 1 is 1.10 bits per heavy atom. The summed E-state index contributed by atoms with van der Waals surface area (Å²) in [4.78, 5) is 13.5. The second kappa shape index (κ2) is 7.96. The largest absolute Gasteiger partial charge is 0.493 e. The zero-order valence-electron chi connectivity index (χ0n) is 17.2. The SMILES string of the molecule is CC1=C(CN2C=CC2C(=O)Cl)CCc2cc(OCC3Cc4ccccc4C3)ccc21. The van der Waals surface area contributed by atoms with E-state index in [1.165, 1.54) is 33.4 Å². The average molecular weight is 420 g/mol. The molecule has 0 fully saturated rings. The van der Waals surface area contributed by atoms with Crippen LogP contribution >= 0.6 is 11.6 Å². The van der Waals surface area contributed by atoms with Crippen LogP contribution in [0.2, 0.25) is 0 Å². The molecular weight excluding hydrogens is 394 g/mol. The molecule has 0 spiro atoms. The zero-order valence-corrected chi connectivity index (χ0v) is 18.0. The van der Waals surface area contributed by atoms with Gasteiger partial charge in [0.15, 0.2) is 0 Å². The first-order valence-electron chi connectivity index (χ1n) is 10.7. The Balaban J connectivity index is 1.24. The normalized spacial score (nSPS) is 20.1. The van der Waals surface area contributed by atoms with Gasteiger partial charge in [-0.15, -0.1) is 0 Å². The molecule has 1 unspecified atom stereocenters. The second-order valence-corrected chi connectivity index (χ2v) is 9.04. The first-order chi connectivity index (χ1) is 14.6. The van der Waals surface area contributed by atoms with Crippen molar-refractivity contribution in [1.82, 2.24) is 4.90 Å². The Kier molecular flexibility index (Phi) is 5.16. The van der Waals surface area contributed by atoms with Crippen LogP contribution in [0.3, 0.4) is 0 Å². The van der Waals surface area contributed by atoms with Gasteiger partial charge < -0.3 is 9.64 Å². The molecule has 2 aliphatic carbocycles. The number of ether oxygens (including phenoxy) is 1. The van der Waals surface area contributed by atoms with Gasteiger partial charge in [-0.1, -0.05) is 30.3 Å². The van der Waals surface area contributed by atoms with E-state index >= 15 is 0 Å². The van der Waals surface area contributed by atoms with Crippen LogP contribution in [0.5, 0.6) is 5.75 Å². The summed E-state index contributed by atoms with van der Waals surface area (Å²) in [5, 5.41) is -0.306. The minimum Gasteiger partial charge on any atom is -0.493 e. The summed E-state index contributed by atoms with van der Waals surface area (Å²) in [6.07, 6.45) is 8.05. The Bertz CT molecular complexity index is 1030. The van der Waals surface area contributed by atoms with Crippen LogP contribution in [0.1, 0.15) is 35.6 Å². The number of rotatable bonds is 6. The summed E-state index contributed by atoms with van der Waals surface area (Å²) in [5.74, 6) is 1.54. The fourth-order valence-corrected chi connectivity index (χ4v) is 5.14. The van der Waals surface area contributed by atoms with Crippen LogP contribution in [0.4, 0.5) is 0 Å². The van der Waals surface area contributed by atoms with Gasteiger partial charge in [-0.2, -0.15) is 0 Å². The van der Waals surface area contributed by atoms with Gasteiger partial charge in [0.25, 0.3) is 0 Å². The van der Waals surface area contributed by atoms with Crippen molar-refractivity contribution < 1.29 is 9.53 Å². The summed E-state index contributed by atoms with van der Waals surface area (Å²) in [6.45, 7) is 3.72. The molecule has 154 valence electrons. The van der Waals surface area contributed by atoms with Gasteiger partial charge in [0.1, 0.15) is 11.8 Å². The van der Waals surface area contributed by atoms with Gasteiger partial charge in [-0.05, 0) is 102 Å². The highest BCUT2D eigenvalue weighted by Gasteiger charge is 2.28. The predicted octanol–water partition coefficient (Wildman–Crippen LogP) is 5.16. The smallest absolute Gasteiger partial charge is 0.248 e. The predicted molar refractivity (Wildman–Crippen MR) is 121 cm³/mol. The number of carbonyl (C=O) groups excluding carboxylic acids is 1. The van der Waals surface area contributed by atoms with Crippen molar-refractivity contribution >= 4 is 22.4 Å². The molecule has 0 saturated heterocycles. The van der Waals surface area contributed by atoms with Crippen molar-refractivity contribution in [3.8, 4) is 5.75 Å². The van der Waals surface area contributed by atoms with Gasteiger partial charge >= 0.3 is 0 Å². The molecule has 5 rings (SSSR count). The second-order valence-electron chi connectivity index (χ2n) is 8.66. The molecule has 0 saturated carbocycles. The van der Waals surface area contributed by atoms with Crippen molar-refractivity contribution in [2.24, 2.45) is 5.92 Å². The summed E-state index contributed by atoms with van der Waals surface area (Å²) in [5.41, 5.74) is 8.30. The van der Waals surface area contributed by atoms with Crippen LogP contribution in [0.25, 0.3) is 5.57 Å². The number of aryl methyl sites for hydroxylation is 1. The number of fused-ring (bicyclic) bond motifs is 2. The third-order valence-electron chi connectivity index (χ3n) is 6.75. The number of benzene rings is 2. The van der Waals surface area contributed by atoms with E-state index in [9.17, 15) is 4.79 Å². The lowest BCUT2D eigenvalue weighted by Crippen LogP contribution is -2.42. The Hall–Kier alpha value is -2.52. The van der Waals surface area contributed by atoms with Crippen LogP contribution in [-0.2, 0) is 24.1 Å². The molecule has 4 heteroatoms. The van der Waals surface area contributed by atoms with E-state index in [-0.39, 0.29) is 11.3 Å². The summed E-state index contributed by atoms with van der Waals surface area (Å²) in [6, 6.07) is 15.0. The number of allylic oxidation sites excluding steroid dienone is 1. The minimum atomic E-state index is -0.306. The minimum absolute atomic E-state index is 0.272. The molecule has 0 radical (unpaired) electrons. The molecule has 3 nitrogen and oxygen atoms in total. The highest BCUT2D eigenvalue weighted by Crippen LogP contribution is 2.35. The Morgan fingerprint density at radius 3 is 2.53 bits per heavy atom. The summed E-state index contributed by atoms with van der Waals surface area (Å²) < 4.78 is 6.20. The molecule has 1 heterocycles. The van der Waals surface area contributed by atoms with Crippen molar-refractivity contribution in [1.29, 1.82) is 0 Å². The molecular formula is C26H26ClNO2. The Labute approximate surface area is 183 Å². The van der Waals surface area contributed by atoms with E-state index in [0.29, 0.717) is 5.92 Å². The summed E-state index contributed by atoms with van der Waals surface area (Å²) >= 11 is 5.67. The third-order valence-corrected chi connectivity index (χ3v) is 6.98. The Morgan fingerprint density at radius 2 is 1.87 bits per heavy atom. The molecule has 2 aromatic rings. The number of halogens is 1. The van der Waals surface area contributed by atoms with Crippen LogP contribution in [-0.4, -0.2) is 29.3 Å². The molecule has 1 aliphatic heterocycles. The molecule has 30 heavy (non-hydrogen) atoms. The molecule has 0 amide bonds. The molecule has 1 atom stereocenters. The topological polar surface area (TPSA) is 29.5 Å². The molecule has 0 aromatic heterocycles. The first kappa shape index (κ1) is 19.4. The van der Waals surface area contributed by atoms with E-state index in [4.69, 9.17) is 16.3 Å². The van der Waals surface area contributed by atoms with Crippen LogP contribution in [0.15, 0.2) is 60.3 Å². The maximum atomic E-state index is 11.5. The quantitative estimate of drug-likeness (QED) is 0.605. The maximum absolute atomic E-state index is 11.5. The lowest BCUT2D eigenvalue weighted by Gasteiger charge is -2.35. The average Bonchev–Trinajstić information content (AvgIpc) is 3.13. The monoisotopic (exact) mass is 419 g/mol. The van der Waals surface area contributed by atoms with E-state index < -0.39 is 0 Å². The standard InChI is InChI=1S/C26H26ClNO2/c1-17-22(15-28-11-10-25(28)26(27)29)7-6-21-14-23(8-9-24(17)21)30-16-18-12-19-4-2-3-5-20(19)13-18/h2-5,8-11,14,18,25H,6-7,12-13,15-16H2,1H3. The van der Waals surface area contributed by atoms with E-state index in [1.54, 1.807) is 0 Å². The fourth-order valence-electron chi connectivity index (χ4n) is 4.95. The lowest BCUT2D eigenvalue weighted by atomic mass is 9.85. The van der Waals surface area contributed by atoms with Crippen molar-refractivity contribution in [3.05, 3.63) is 82.6 Å². The lowest BCUT2D eigenvalue weighted by molar-refractivity contribution is -0.115. The van der Waals surface area contributed by atoms with Gasteiger partial charge in [0.05, 0.1) is 6.61 Å². The first-order valence-corrected chi connectivity index (χ1v) is 11.1. The van der Waals surface area contributed by atoms with Gasteiger partial charge in [-0.25, -0.2) is 0 Å². The number of carbonyl (C=O) groups is 1. The zero-order chi connectivity index (χ0) is 20.7. The fraction of sp³-hybridized carbons (Fsp3) is 0.346. The number of nitrogens with zero attached hydrogens (tertiary/aromatic N) is 1. The van der Waals surface area contributed by atoms with Crippen LogP contribution in [0, 0.1) is 5.92 Å². The van der Waals surface area contributed by atoms with Gasteiger partial charge in [0, 0.05) is 12.5 Å². The van der Waals surface area contributed by atoms with Crippen LogP contribution < -0.4 is 4.74 Å². The highest BCUT2D eigenvalue weighted by atomic mass is 35.5. The molecule has 0 bridgehead atoms. The molecule has 0 N–H and O–H groups in total. The summed E-state index contributed by atoms with van der Waals surface area (Å²) in [7, 11) is 0. The number of hydrogen-bond donors (Lipinski definition) is 0. The van der Waals surface area contributed by atoms with Crippen molar-refractivity contribution in [2.45, 2.75) is 38.6 Å². The van der Waals surface area contributed by atoms with E-state index in [1.807, 2.05) is 17.2 Å².